The van der Waals surface area contributed by atoms with Crippen LogP contribution in [0.5, 0.6) is 0 Å². The van der Waals surface area contributed by atoms with Crippen molar-refractivity contribution < 1.29 is 8.78 Å². The Morgan fingerprint density at radius 2 is 1.89 bits per heavy atom. The van der Waals surface area contributed by atoms with Gasteiger partial charge in [-0.05, 0) is 42.9 Å². The SMILES string of the molecule is CCCN(CC1CC1)c1c(F)cc(CCl)cc1F. The van der Waals surface area contributed by atoms with Gasteiger partial charge in [-0.2, -0.15) is 0 Å². The molecule has 100 valence electrons. The Labute approximate surface area is 112 Å². The van der Waals surface area contributed by atoms with Crippen molar-refractivity contribution in [3.05, 3.63) is 29.3 Å². The summed E-state index contributed by atoms with van der Waals surface area (Å²) in [5.41, 5.74) is 0.593. The molecule has 0 unspecified atom stereocenters. The number of anilines is 1. The zero-order chi connectivity index (χ0) is 13.1. The van der Waals surface area contributed by atoms with Gasteiger partial charge in [-0.3, -0.25) is 0 Å². The van der Waals surface area contributed by atoms with E-state index in [2.05, 4.69) is 0 Å². The van der Waals surface area contributed by atoms with Crippen molar-refractivity contribution in [3.63, 3.8) is 0 Å². The standard InChI is InChI=1S/C14H18ClF2N/c1-2-5-18(9-10-3-4-10)14-12(16)6-11(8-15)7-13(14)17/h6-7,10H,2-5,8-9H2,1H3. The number of rotatable bonds is 6. The summed E-state index contributed by atoms with van der Waals surface area (Å²) in [5, 5.41) is 0. The van der Waals surface area contributed by atoms with Gasteiger partial charge in [0.15, 0.2) is 0 Å². The van der Waals surface area contributed by atoms with E-state index in [4.69, 9.17) is 11.6 Å². The Morgan fingerprint density at radius 3 is 2.33 bits per heavy atom. The highest BCUT2D eigenvalue weighted by Crippen LogP contribution is 2.33. The Hall–Kier alpha value is -0.830. The van der Waals surface area contributed by atoms with Crippen LogP contribution in [0.15, 0.2) is 12.1 Å². The van der Waals surface area contributed by atoms with Crippen molar-refractivity contribution in [3.8, 4) is 0 Å². The third kappa shape index (κ3) is 3.14. The summed E-state index contributed by atoms with van der Waals surface area (Å²) in [6.45, 7) is 3.45. The van der Waals surface area contributed by atoms with Gasteiger partial charge in [-0.15, -0.1) is 11.6 Å². The largest absolute Gasteiger partial charge is 0.367 e. The fourth-order valence-corrected chi connectivity index (χ4v) is 2.33. The topological polar surface area (TPSA) is 3.24 Å². The van der Waals surface area contributed by atoms with Crippen molar-refractivity contribution in [2.24, 2.45) is 5.92 Å². The molecule has 0 spiro atoms. The van der Waals surface area contributed by atoms with Gasteiger partial charge >= 0.3 is 0 Å². The zero-order valence-electron chi connectivity index (χ0n) is 10.6. The molecule has 0 aliphatic heterocycles. The van der Waals surface area contributed by atoms with Crippen LogP contribution in [-0.4, -0.2) is 13.1 Å². The lowest BCUT2D eigenvalue weighted by atomic mass is 10.1. The lowest BCUT2D eigenvalue weighted by Gasteiger charge is -2.25. The first-order valence-corrected chi connectivity index (χ1v) is 6.98. The second-order valence-corrected chi connectivity index (χ2v) is 5.20. The summed E-state index contributed by atoms with van der Waals surface area (Å²) in [5.74, 6) is -0.271. The average molecular weight is 274 g/mol. The van der Waals surface area contributed by atoms with Gasteiger partial charge in [0.1, 0.15) is 17.3 Å². The van der Waals surface area contributed by atoms with Crippen LogP contribution < -0.4 is 4.90 Å². The van der Waals surface area contributed by atoms with Crippen LogP contribution in [0.25, 0.3) is 0 Å². The smallest absolute Gasteiger partial charge is 0.149 e. The molecule has 1 nitrogen and oxygen atoms in total. The first-order valence-electron chi connectivity index (χ1n) is 6.44. The van der Waals surface area contributed by atoms with Crippen LogP contribution in [0.4, 0.5) is 14.5 Å². The molecule has 0 saturated heterocycles. The van der Waals surface area contributed by atoms with Crippen LogP contribution in [0.3, 0.4) is 0 Å². The lowest BCUT2D eigenvalue weighted by molar-refractivity contribution is 0.561. The maximum atomic E-state index is 14.0. The predicted molar refractivity (Wildman–Crippen MR) is 71.1 cm³/mol. The Balaban J connectivity index is 2.27. The van der Waals surface area contributed by atoms with E-state index < -0.39 is 11.6 Å². The number of hydrogen-bond acceptors (Lipinski definition) is 1. The van der Waals surface area contributed by atoms with Crippen LogP contribution in [0, 0.1) is 17.6 Å². The molecule has 0 radical (unpaired) electrons. The Bertz CT molecular complexity index is 395. The minimum Gasteiger partial charge on any atom is -0.367 e. The fraction of sp³-hybridized carbons (Fsp3) is 0.571. The maximum absolute atomic E-state index is 14.0. The summed E-state index contributed by atoms with van der Waals surface area (Å²) in [7, 11) is 0. The van der Waals surface area contributed by atoms with Gasteiger partial charge < -0.3 is 4.90 Å². The van der Waals surface area contributed by atoms with E-state index in [1.54, 1.807) is 0 Å². The van der Waals surface area contributed by atoms with Crippen molar-refractivity contribution in [1.29, 1.82) is 0 Å². The summed E-state index contributed by atoms with van der Waals surface area (Å²) in [4.78, 5) is 1.83. The number of hydrogen-bond donors (Lipinski definition) is 0. The number of alkyl halides is 1. The molecule has 0 bridgehead atoms. The molecule has 0 heterocycles. The highest BCUT2D eigenvalue weighted by Gasteiger charge is 2.27. The van der Waals surface area contributed by atoms with Gasteiger partial charge in [-0.25, -0.2) is 8.78 Å². The number of halogens is 3. The van der Waals surface area contributed by atoms with Crippen LogP contribution in [0.1, 0.15) is 31.7 Å². The first-order chi connectivity index (χ1) is 8.65. The molecule has 0 atom stereocenters. The van der Waals surface area contributed by atoms with Crippen molar-refractivity contribution in [2.45, 2.75) is 32.1 Å². The van der Waals surface area contributed by atoms with Gasteiger partial charge in [0.25, 0.3) is 0 Å². The number of benzene rings is 1. The molecule has 1 saturated carbocycles. The quantitative estimate of drug-likeness (QED) is 0.698. The third-order valence-electron chi connectivity index (χ3n) is 3.22. The van der Waals surface area contributed by atoms with Crippen LogP contribution >= 0.6 is 11.6 Å². The van der Waals surface area contributed by atoms with E-state index in [-0.39, 0.29) is 11.6 Å². The molecule has 1 aliphatic carbocycles. The highest BCUT2D eigenvalue weighted by atomic mass is 35.5. The maximum Gasteiger partial charge on any atom is 0.149 e. The summed E-state index contributed by atoms with van der Waals surface area (Å²) >= 11 is 5.61. The van der Waals surface area contributed by atoms with Crippen LogP contribution in [-0.2, 0) is 5.88 Å². The Morgan fingerprint density at radius 1 is 1.28 bits per heavy atom. The van der Waals surface area contributed by atoms with Crippen molar-refractivity contribution in [1.82, 2.24) is 0 Å². The molecular formula is C14H18ClF2N. The molecule has 4 heteroatoms. The molecule has 0 amide bonds. The molecule has 1 aromatic carbocycles. The average Bonchev–Trinajstić information content (AvgIpc) is 3.12. The van der Waals surface area contributed by atoms with E-state index in [0.29, 0.717) is 18.0 Å². The first kappa shape index (κ1) is 13.6. The normalized spacial score (nSPS) is 14.9. The summed E-state index contributed by atoms with van der Waals surface area (Å²) in [6, 6.07) is 2.67. The van der Waals surface area contributed by atoms with Crippen molar-refractivity contribution >= 4 is 17.3 Å². The van der Waals surface area contributed by atoms with Gasteiger partial charge in [0.05, 0.1) is 0 Å². The minimum atomic E-state index is -0.500. The molecule has 1 aromatic rings. The second kappa shape index (κ2) is 5.87. The molecular weight excluding hydrogens is 256 g/mol. The van der Waals surface area contributed by atoms with Gasteiger partial charge in [0, 0.05) is 19.0 Å². The van der Waals surface area contributed by atoms with E-state index in [0.717, 1.165) is 13.0 Å². The molecule has 1 aliphatic rings. The molecule has 0 aromatic heterocycles. The zero-order valence-corrected chi connectivity index (χ0v) is 11.3. The Kier molecular flexibility index (Phi) is 4.44. The summed E-state index contributed by atoms with van der Waals surface area (Å²) < 4.78 is 28.0. The predicted octanol–water partition coefficient (Wildman–Crippen LogP) is 4.33. The molecule has 1 fully saturated rings. The van der Waals surface area contributed by atoms with Gasteiger partial charge in [0.2, 0.25) is 0 Å². The van der Waals surface area contributed by atoms with E-state index in [9.17, 15) is 8.78 Å². The van der Waals surface area contributed by atoms with Crippen LogP contribution in [0.2, 0.25) is 0 Å². The second-order valence-electron chi connectivity index (χ2n) is 4.93. The monoisotopic (exact) mass is 273 g/mol. The fourth-order valence-electron chi connectivity index (χ4n) is 2.17. The van der Waals surface area contributed by atoms with Crippen molar-refractivity contribution in [2.75, 3.05) is 18.0 Å². The summed E-state index contributed by atoms with van der Waals surface area (Å²) in [6.07, 6.45) is 3.22. The van der Waals surface area contributed by atoms with E-state index in [1.165, 1.54) is 25.0 Å². The molecule has 18 heavy (non-hydrogen) atoms. The molecule has 2 rings (SSSR count). The van der Waals surface area contributed by atoms with Gasteiger partial charge in [-0.1, -0.05) is 6.92 Å². The van der Waals surface area contributed by atoms with E-state index in [1.807, 2.05) is 11.8 Å². The minimum absolute atomic E-state index is 0.109. The lowest BCUT2D eigenvalue weighted by Crippen LogP contribution is -2.28. The van der Waals surface area contributed by atoms with E-state index >= 15 is 0 Å². The third-order valence-corrected chi connectivity index (χ3v) is 3.52. The molecule has 0 N–H and O–H groups in total. The highest BCUT2D eigenvalue weighted by molar-refractivity contribution is 6.17. The number of nitrogens with zero attached hydrogens (tertiary/aromatic N) is 1.